The maximum atomic E-state index is 12.7. The summed E-state index contributed by atoms with van der Waals surface area (Å²) < 4.78 is 11.0. The van der Waals surface area contributed by atoms with Gasteiger partial charge in [-0.25, -0.2) is 9.59 Å². The van der Waals surface area contributed by atoms with Gasteiger partial charge in [0.25, 0.3) is 0 Å². The molecule has 5 heteroatoms. The van der Waals surface area contributed by atoms with Gasteiger partial charge in [0, 0.05) is 18.1 Å². The normalized spacial score (nSPS) is 18.1. The Labute approximate surface area is 221 Å². The maximum absolute atomic E-state index is 12.7. The second-order valence-electron chi connectivity index (χ2n) is 10.4. The fourth-order valence-corrected chi connectivity index (χ4v) is 4.90. The number of ether oxygens (including phenoxy) is 2. The number of esters is 2. The van der Waals surface area contributed by atoms with E-state index in [9.17, 15) is 14.7 Å². The zero-order valence-corrected chi connectivity index (χ0v) is 22.4. The summed E-state index contributed by atoms with van der Waals surface area (Å²) in [4.78, 5) is 24.3. The largest absolute Gasteiger partial charge is 0.462 e. The van der Waals surface area contributed by atoms with Crippen LogP contribution in [0.15, 0.2) is 60.7 Å². The summed E-state index contributed by atoms with van der Waals surface area (Å²) in [6, 6.07) is 15.6. The predicted molar refractivity (Wildman–Crippen MR) is 147 cm³/mol. The Balaban J connectivity index is 1.48. The van der Waals surface area contributed by atoms with Crippen LogP contribution >= 0.6 is 0 Å². The summed E-state index contributed by atoms with van der Waals surface area (Å²) in [7, 11) is 0. The average Bonchev–Trinajstić information content (AvgIpc) is 2.92. The molecular formula is C32H42O5. The highest BCUT2D eigenvalue weighted by molar-refractivity contribution is 5.90. The van der Waals surface area contributed by atoms with E-state index in [1.54, 1.807) is 6.92 Å². The van der Waals surface area contributed by atoms with Crippen LogP contribution in [0.5, 0.6) is 0 Å². The van der Waals surface area contributed by atoms with Gasteiger partial charge in [0.15, 0.2) is 0 Å². The first-order valence-corrected chi connectivity index (χ1v) is 13.7. The second kappa shape index (κ2) is 14.7. The lowest BCUT2D eigenvalue weighted by Crippen LogP contribution is -2.24. The molecule has 2 aromatic rings. The van der Waals surface area contributed by atoms with Crippen molar-refractivity contribution < 1.29 is 24.2 Å². The minimum Gasteiger partial charge on any atom is -0.462 e. The number of aliphatic hydroxyl groups is 1. The van der Waals surface area contributed by atoms with Crippen molar-refractivity contribution >= 4 is 11.9 Å². The van der Waals surface area contributed by atoms with Crippen LogP contribution < -0.4 is 0 Å². The molecule has 0 amide bonds. The number of hydrogen-bond donors (Lipinski definition) is 1. The van der Waals surface area contributed by atoms with Gasteiger partial charge in [-0.1, -0.05) is 75.6 Å². The molecule has 1 fully saturated rings. The molecule has 5 nitrogen and oxygen atoms in total. The van der Waals surface area contributed by atoms with E-state index in [2.05, 4.69) is 13.5 Å². The Kier molecular flexibility index (Phi) is 11.4. The number of carbonyl (C=O) groups is 2. The minimum atomic E-state index is -0.439. The lowest BCUT2D eigenvalue weighted by atomic mass is 9.84. The lowest BCUT2D eigenvalue weighted by Gasteiger charge is -2.28. The van der Waals surface area contributed by atoms with Gasteiger partial charge < -0.3 is 14.6 Å². The number of rotatable bonds is 13. The van der Waals surface area contributed by atoms with Crippen LogP contribution in [0.4, 0.5) is 0 Å². The zero-order valence-electron chi connectivity index (χ0n) is 22.4. The molecule has 1 unspecified atom stereocenters. The zero-order chi connectivity index (χ0) is 26.6. The molecule has 1 N–H and O–H groups in total. The first-order chi connectivity index (χ1) is 17.9. The Bertz CT molecular complexity index is 1000. The number of aliphatic hydroxyl groups excluding tert-OH is 1. The molecular weight excluding hydrogens is 464 g/mol. The molecule has 2 aromatic carbocycles. The van der Waals surface area contributed by atoms with E-state index < -0.39 is 5.97 Å². The molecule has 0 saturated heterocycles. The number of unbranched alkanes of at least 4 members (excludes halogenated alkanes) is 2. The fraction of sp³-hybridized carbons (Fsp3) is 0.500. The Morgan fingerprint density at radius 2 is 1.59 bits per heavy atom. The highest BCUT2D eigenvalue weighted by atomic mass is 16.5. The van der Waals surface area contributed by atoms with E-state index in [1.807, 2.05) is 48.5 Å². The minimum absolute atomic E-state index is 0.0363. The molecule has 0 spiro atoms. The van der Waals surface area contributed by atoms with Gasteiger partial charge in [-0.05, 0) is 73.8 Å². The first-order valence-electron chi connectivity index (χ1n) is 13.7. The number of benzene rings is 2. The van der Waals surface area contributed by atoms with E-state index in [-0.39, 0.29) is 31.2 Å². The smallest absolute Gasteiger partial charge is 0.338 e. The molecule has 0 heterocycles. The topological polar surface area (TPSA) is 72.8 Å². The van der Waals surface area contributed by atoms with Crippen LogP contribution in [-0.2, 0) is 20.7 Å². The third-order valence-electron chi connectivity index (χ3n) is 7.27. The van der Waals surface area contributed by atoms with Crippen molar-refractivity contribution in [2.24, 2.45) is 11.8 Å². The molecule has 0 bridgehead atoms. The third-order valence-corrected chi connectivity index (χ3v) is 7.27. The van der Waals surface area contributed by atoms with Crippen LogP contribution in [0.1, 0.15) is 81.1 Å². The van der Waals surface area contributed by atoms with Crippen LogP contribution in [0, 0.1) is 11.8 Å². The van der Waals surface area contributed by atoms with Crippen LogP contribution in [0.2, 0.25) is 0 Å². The summed E-state index contributed by atoms with van der Waals surface area (Å²) in [6.07, 6.45) is 10.1. The summed E-state index contributed by atoms with van der Waals surface area (Å²) in [6.45, 7) is 7.50. The third kappa shape index (κ3) is 9.15. The Morgan fingerprint density at radius 1 is 0.973 bits per heavy atom. The highest BCUT2D eigenvalue weighted by Gasteiger charge is 2.24. The first kappa shape index (κ1) is 28.6. The predicted octanol–water partition coefficient (Wildman–Crippen LogP) is 6.92. The van der Waals surface area contributed by atoms with Gasteiger partial charge in [0.05, 0.1) is 12.2 Å². The van der Waals surface area contributed by atoms with E-state index in [1.165, 1.54) is 25.7 Å². The molecule has 200 valence electrons. The van der Waals surface area contributed by atoms with Crippen molar-refractivity contribution in [2.75, 3.05) is 13.2 Å². The van der Waals surface area contributed by atoms with Crippen LogP contribution in [-0.4, -0.2) is 36.4 Å². The van der Waals surface area contributed by atoms with Gasteiger partial charge in [-0.2, -0.15) is 0 Å². The highest BCUT2D eigenvalue weighted by Crippen LogP contribution is 2.30. The molecule has 1 atom stereocenters. The van der Waals surface area contributed by atoms with Crippen LogP contribution in [0.3, 0.4) is 0 Å². The van der Waals surface area contributed by atoms with Crippen molar-refractivity contribution in [3.63, 3.8) is 0 Å². The number of carbonyl (C=O) groups excluding carboxylic acids is 2. The monoisotopic (exact) mass is 506 g/mol. The van der Waals surface area contributed by atoms with E-state index >= 15 is 0 Å². The summed E-state index contributed by atoms with van der Waals surface area (Å²) >= 11 is 0. The van der Waals surface area contributed by atoms with Crippen LogP contribution in [0.25, 0.3) is 11.1 Å². The fourth-order valence-electron chi connectivity index (χ4n) is 4.90. The van der Waals surface area contributed by atoms with Gasteiger partial charge in [-0.15, -0.1) is 0 Å². The van der Waals surface area contributed by atoms with E-state index in [0.29, 0.717) is 17.6 Å². The SMILES string of the molecule is C=C(C)C(=O)OCC(CO)Cc1ccc(-c2ccc(C(=O)OC3CCC(CCCCC)CC3)cc2)cc1. The second-order valence-corrected chi connectivity index (χ2v) is 10.4. The van der Waals surface area contributed by atoms with Crippen molar-refractivity contribution in [3.8, 4) is 11.1 Å². The molecule has 0 radical (unpaired) electrons. The Hall–Kier alpha value is -2.92. The molecule has 1 saturated carbocycles. The molecule has 1 aliphatic carbocycles. The van der Waals surface area contributed by atoms with E-state index in [0.717, 1.165) is 48.3 Å². The standard InChI is InChI=1S/C32H42O5/c1-4-5-6-7-24-10-18-30(19-11-24)37-32(35)29-16-14-28(15-17-29)27-12-8-25(9-13-27)20-26(21-33)22-36-31(34)23(2)3/h8-9,12-17,24,26,30,33H,2,4-7,10-11,18-22H2,1,3H3. The van der Waals surface area contributed by atoms with Crippen molar-refractivity contribution in [2.45, 2.75) is 77.7 Å². The molecule has 3 rings (SSSR count). The van der Waals surface area contributed by atoms with Crippen molar-refractivity contribution in [3.05, 3.63) is 71.8 Å². The lowest BCUT2D eigenvalue weighted by molar-refractivity contribution is -0.140. The summed E-state index contributed by atoms with van der Waals surface area (Å²) in [5.74, 6) is -0.0543. The Morgan fingerprint density at radius 3 is 2.16 bits per heavy atom. The molecule has 0 aliphatic heterocycles. The van der Waals surface area contributed by atoms with Gasteiger partial charge in [0.2, 0.25) is 0 Å². The number of hydrogen-bond acceptors (Lipinski definition) is 5. The molecule has 1 aliphatic rings. The van der Waals surface area contributed by atoms with Crippen molar-refractivity contribution in [1.82, 2.24) is 0 Å². The average molecular weight is 507 g/mol. The van der Waals surface area contributed by atoms with Crippen molar-refractivity contribution in [1.29, 1.82) is 0 Å². The quantitative estimate of drug-likeness (QED) is 0.181. The van der Waals surface area contributed by atoms with Gasteiger partial charge in [-0.3, -0.25) is 0 Å². The van der Waals surface area contributed by atoms with E-state index in [4.69, 9.17) is 9.47 Å². The van der Waals surface area contributed by atoms with Gasteiger partial charge in [0.1, 0.15) is 6.10 Å². The van der Waals surface area contributed by atoms with Gasteiger partial charge >= 0.3 is 11.9 Å². The molecule has 37 heavy (non-hydrogen) atoms. The maximum Gasteiger partial charge on any atom is 0.338 e. The summed E-state index contributed by atoms with van der Waals surface area (Å²) in [5, 5.41) is 9.65. The summed E-state index contributed by atoms with van der Waals surface area (Å²) in [5.41, 5.74) is 4.04. The molecule has 0 aromatic heterocycles.